The van der Waals surface area contributed by atoms with Crippen molar-refractivity contribution in [3.05, 3.63) is 71.8 Å². The van der Waals surface area contributed by atoms with Gasteiger partial charge in [0.15, 0.2) is 11.6 Å². The topological polar surface area (TPSA) is 21.7 Å². The summed E-state index contributed by atoms with van der Waals surface area (Å²) < 4.78 is 13.6. The molecule has 1 fully saturated rings. The Kier molecular flexibility index (Phi) is 22.3. The largest absolute Gasteiger partial charge is 0.314 e. The quantitative estimate of drug-likeness (QED) is 0.298. The summed E-state index contributed by atoms with van der Waals surface area (Å²) in [5.41, 5.74) is 2.46. The van der Waals surface area contributed by atoms with E-state index in [4.69, 9.17) is 9.47 Å². The van der Waals surface area contributed by atoms with E-state index in [1.165, 1.54) is 166 Å². The van der Waals surface area contributed by atoms with E-state index in [0.717, 1.165) is 31.4 Å². The van der Waals surface area contributed by atoms with Crippen LogP contribution in [0.15, 0.2) is 60.7 Å². The third-order valence-electron chi connectivity index (χ3n) is 10.6. The average Bonchev–Trinajstić information content (AvgIpc) is 3.07. The van der Waals surface area contributed by atoms with Crippen molar-refractivity contribution in [2.45, 2.75) is 205 Å². The number of ether oxygens (including phenoxy) is 2. The molecule has 3 heteroatoms. The number of hydrogen-bond donors (Lipinski definition) is 0. The lowest BCUT2D eigenvalue weighted by Gasteiger charge is -2.55. The highest BCUT2D eigenvalue weighted by Gasteiger charge is 2.54. The van der Waals surface area contributed by atoms with Gasteiger partial charge < -0.3 is 14.4 Å². The standard InChI is InChI=1S/C46H77NO2/c1-45(44-38-36-43(37-39-44)42-47(2)3)48-46(49-45)40-34-32-30-28-26-24-22-20-18-16-14-12-10-8-6-4-5-7-9-11-13-15-17-19-21-23-25-27-29-31-33-35-41-46/h12,14,18-21,36-39H,4-11,13,15-17,22-35,40-42H2,1-3H3/b14-12-,20-18-,21-19-. The molecule has 0 N–H and O–H groups in total. The predicted octanol–water partition coefficient (Wildman–Crippen LogP) is 14.3. The summed E-state index contributed by atoms with van der Waals surface area (Å²) in [5, 5.41) is 0. The fourth-order valence-electron chi connectivity index (χ4n) is 7.67. The predicted molar refractivity (Wildman–Crippen MR) is 213 cm³/mol. The summed E-state index contributed by atoms with van der Waals surface area (Å²) in [6.45, 7) is 3.07. The van der Waals surface area contributed by atoms with Gasteiger partial charge >= 0.3 is 0 Å². The van der Waals surface area contributed by atoms with Crippen LogP contribution in [0.2, 0.25) is 0 Å². The van der Waals surface area contributed by atoms with Gasteiger partial charge in [-0.15, -0.1) is 0 Å². The van der Waals surface area contributed by atoms with Crippen molar-refractivity contribution in [2.75, 3.05) is 14.1 Å². The molecule has 3 rings (SSSR count). The Morgan fingerprint density at radius 2 is 0.816 bits per heavy atom. The first-order chi connectivity index (χ1) is 24.0. The first-order valence-electron chi connectivity index (χ1n) is 21.1. The van der Waals surface area contributed by atoms with Gasteiger partial charge in [0.2, 0.25) is 0 Å². The molecule has 1 saturated heterocycles. The molecule has 49 heavy (non-hydrogen) atoms. The van der Waals surface area contributed by atoms with Crippen LogP contribution in [-0.4, -0.2) is 24.8 Å². The molecular weight excluding hydrogens is 599 g/mol. The van der Waals surface area contributed by atoms with Gasteiger partial charge in [0, 0.05) is 24.9 Å². The molecule has 1 aromatic carbocycles. The van der Waals surface area contributed by atoms with Gasteiger partial charge in [-0.05, 0) is 97.2 Å². The van der Waals surface area contributed by atoms with Gasteiger partial charge in [0.1, 0.15) is 0 Å². The fourth-order valence-corrected chi connectivity index (χ4v) is 7.67. The second-order valence-electron chi connectivity index (χ2n) is 15.7. The number of hydrogen-bond acceptors (Lipinski definition) is 3. The van der Waals surface area contributed by atoms with Crippen LogP contribution >= 0.6 is 0 Å². The minimum atomic E-state index is -0.624. The van der Waals surface area contributed by atoms with Crippen molar-refractivity contribution in [1.29, 1.82) is 0 Å². The zero-order chi connectivity index (χ0) is 34.7. The van der Waals surface area contributed by atoms with E-state index in [2.05, 4.69) is 86.6 Å². The molecule has 0 bridgehead atoms. The van der Waals surface area contributed by atoms with Crippen LogP contribution in [0.4, 0.5) is 0 Å². The number of rotatable bonds is 3. The van der Waals surface area contributed by atoms with Crippen LogP contribution in [0.25, 0.3) is 0 Å². The zero-order valence-corrected chi connectivity index (χ0v) is 32.5. The summed E-state index contributed by atoms with van der Waals surface area (Å²) in [4.78, 5) is 2.21. The Labute approximate surface area is 304 Å². The third kappa shape index (κ3) is 18.9. The molecule has 278 valence electrons. The highest BCUT2D eigenvalue weighted by atomic mass is 16.9. The Bertz CT molecular complexity index is 1020. The van der Waals surface area contributed by atoms with Gasteiger partial charge in [0.05, 0.1) is 0 Å². The summed E-state index contributed by atoms with van der Waals surface area (Å²) >= 11 is 0. The fraction of sp³-hybridized carbons (Fsp3) is 0.739. The van der Waals surface area contributed by atoms with Crippen molar-refractivity contribution in [2.24, 2.45) is 0 Å². The first-order valence-corrected chi connectivity index (χ1v) is 21.1. The smallest absolute Gasteiger partial charge is 0.198 e. The lowest BCUT2D eigenvalue weighted by atomic mass is 9.93. The minimum absolute atomic E-state index is 0.405. The van der Waals surface area contributed by atoms with Crippen LogP contribution in [0, 0.1) is 0 Å². The van der Waals surface area contributed by atoms with Crippen LogP contribution in [0.1, 0.15) is 198 Å². The lowest BCUT2D eigenvalue weighted by Crippen LogP contribution is -2.59. The van der Waals surface area contributed by atoms with E-state index in [-0.39, 0.29) is 0 Å². The highest BCUT2D eigenvalue weighted by molar-refractivity contribution is 5.27. The Morgan fingerprint density at radius 3 is 1.20 bits per heavy atom. The maximum absolute atomic E-state index is 6.81. The van der Waals surface area contributed by atoms with E-state index in [9.17, 15) is 0 Å². The summed E-state index contributed by atoms with van der Waals surface area (Å²) in [6.07, 6.45) is 50.9. The molecule has 1 aliphatic carbocycles. The molecular formula is C46H77NO2. The summed E-state index contributed by atoms with van der Waals surface area (Å²) in [6, 6.07) is 8.85. The van der Waals surface area contributed by atoms with Crippen LogP contribution in [-0.2, 0) is 21.8 Å². The van der Waals surface area contributed by atoms with Crippen LogP contribution in [0.3, 0.4) is 0 Å². The van der Waals surface area contributed by atoms with Crippen molar-refractivity contribution in [1.82, 2.24) is 4.90 Å². The molecule has 0 radical (unpaired) electrons. The number of nitrogens with zero attached hydrogens (tertiary/aromatic N) is 1. The SMILES string of the molecule is CN(C)Cc1ccc(C2(C)OC3(CCCCCCCC/C=C\C/C=C\CCCCCCCCCCC/C=C\CCCCCCCC3)O2)cc1. The molecule has 1 spiro atoms. The van der Waals surface area contributed by atoms with Gasteiger partial charge in [-0.3, -0.25) is 0 Å². The molecule has 0 atom stereocenters. The lowest BCUT2D eigenvalue weighted by molar-refractivity contribution is -0.518. The van der Waals surface area contributed by atoms with Crippen molar-refractivity contribution < 1.29 is 9.47 Å². The van der Waals surface area contributed by atoms with Crippen molar-refractivity contribution in [3.63, 3.8) is 0 Å². The third-order valence-corrected chi connectivity index (χ3v) is 10.6. The van der Waals surface area contributed by atoms with Gasteiger partial charge in [-0.2, -0.15) is 0 Å². The van der Waals surface area contributed by atoms with E-state index in [0.29, 0.717) is 0 Å². The zero-order valence-electron chi connectivity index (χ0n) is 32.5. The molecule has 2 aliphatic rings. The van der Waals surface area contributed by atoms with E-state index in [1.54, 1.807) is 0 Å². The summed E-state index contributed by atoms with van der Waals surface area (Å²) in [5.74, 6) is -1.03. The maximum Gasteiger partial charge on any atom is 0.198 e. The Hall–Kier alpha value is -1.68. The second-order valence-corrected chi connectivity index (χ2v) is 15.7. The first kappa shape index (κ1) is 41.7. The Morgan fingerprint density at radius 1 is 0.469 bits per heavy atom. The average molecular weight is 676 g/mol. The maximum atomic E-state index is 6.81. The summed E-state index contributed by atoms with van der Waals surface area (Å²) in [7, 11) is 4.23. The molecule has 1 aliphatic heterocycles. The monoisotopic (exact) mass is 676 g/mol. The number of allylic oxidation sites excluding steroid dienone is 6. The van der Waals surface area contributed by atoms with Gasteiger partial charge in [-0.1, -0.05) is 157 Å². The molecule has 1 aromatic rings. The van der Waals surface area contributed by atoms with Crippen LogP contribution in [0.5, 0.6) is 0 Å². The Balaban J connectivity index is 1.42. The van der Waals surface area contributed by atoms with E-state index >= 15 is 0 Å². The highest BCUT2D eigenvalue weighted by Crippen LogP contribution is 2.50. The molecule has 1 heterocycles. The molecule has 0 saturated carbocycles. The van der Waals surface area contributed by atoms with E-state index < -0.39 is 11.6 Å². The molecule has 3 nitrogen and oxygen atoms in total. The molecule has 0 unspecified atom stereocenters. The number of benzene rings is 1. The van der Waals surface area contributed by atoms with Crippen molar-refractivity contribution >= 4 is 0 Å². The molecule has 0 amide bonds. The minimum Gasteiger partial charge on any atom is -0.314 e. The molecule has 0 aromatic heterocycles. The van der Waals surface area contributed by atoms with Gasteiger partial charge in [-0.25, -0.2) is 0 Å². The van der Waals surface area contributed by atoms with Gasteiger partial charge in [0.25, 0.3) is 0 Å². The normalized spacial score (nSPS) is 28.8. The van der Waals surface area contributed by atoms with Crippen LogP contribution < -0.4 is 0 Å². The second kappa shape index (κ2) is 26.1. The van der Waals surface area contributed by atoms with Crippen molar-refractivity contribution in [3.8, 4) is 0 Å². The van der Waals surface area contributed by atoms with E-state index in [1.807, 2.05) is 0 Å².